The summed E-state index contributed by atoms with van der Waals surface area (Å²) in [4.78, 5) is 11.5. The van der Waals surface area contributed by atoms with Crippen molar-refractivity contribution in [3.05, 3.63) is 60.7 Å². The molecule has 0 aliphatic carbocycles. The van der Waals surface area contributed by atoms with Crippen molar-refractivity contribution in [2.24, 2.45) is 0 Å². The van der Waals surface area contributed by atoms with Gasteiger partial charge in [-0.1, -0.05) is 55.1 Å². The zero-order valence-corrected chi connectivity index (χ0v) is 14.4. The van der Waals surface area contributed by atoms with Gasteiger partial charge in [0.25, 0.3) is 0 Å². The Balaban J connectivity index is 1.98. The van der Waals surface area contributed by atoms with Crippen molar-refractivity contribution in [3.63, 3.8) is 0 Å². The number of carbonyl (C=O) groups excluding carboxylic acids is 1. The summed E-state index contributed by atoms with van der Waals surface area (Å²) in [5.41, 5.74) is 0.375. The van der Waals surface area contributed by atoms with E-state index in [1.165, 1.54) is 0 Å². The molecule has 3 aromatic rings. The fourth-order valence-electron chi connectivity index (χ4n) is 2.83. The molecule has 0 unspecified atom stereocenters. The Morgan fingerprint density at radius 3 is 1.80 bits per heavy atom. The molecule has 0 fully saturated rings. The van der Waals surface area contributed by atoms with Crippen molar-refractivity contribution >= 4 is 27.5 Å². The second-order valence-electron chi connectivity index (χ2n) is 5.72. The molecule has 0 aliphatic rings. The molecule has 0 atom stereocenters. The summed E-state index contributed by atoms with van der Waals surface area (Å²) >= 11 is 0. The van der Waals surface area contributed by atoms with Crippen LogP contribution in [0.5, 0.6) is 11.5 Å². The summed E-state index contributed by atoms with van der Waals surface area (Å²) < 4.78 is 16.8. The van der Waals surface area contributed by atoms with Crippen LogP contribution in [0, 0.1) is 0 Å². The van der Waals surface area contributed by atoms with Gasteiger partial charge in [0.2, 0.25) is 0 Å². The van der Waals surface area contributed by atoms with Gasteiger partial charge in [0.1, 0.15) is 24.7 Å². The molecule has 0 spiro atoms. The van der Waals surface area contributed by atoms with Gasteiger partial charge < -0.3 is 14.2 Å². The van der Waals surface area contributed by atoms with Gasteiger partial charge in [-0.05, 0) is 6.92 Å². The van der Waals surface area contributed by atoms with Gasteiger partial charge in [-0.3, -0.25) is 0 Å². The first-order valence-corrected chi connectivity index (χ1v) is 8.06. The number of esters is 1. The van der Waals surface area contributed by atoms with E-state index in [2.05, 4.69) is 6.58 Å². The molecule has 0 saturated carbocycles. The van der Waals surface area contributed by atoms with E-state index < -0.39 is 5.97 Å². The predicted octanol–water partition coefficient (Wildman–Crippen LogP) is 4.50. The lowest BCUT2D eigenvalue weighted by molar-refractivity contribution is -0.139. The van der Waals surface area contributed by atoms with Crippen LogP contribution in [0.1, 0.15) is 6.92 Å². The molecular weight excluding hydrogens is 316 g/mol. The highest BCUT2D eigenvalue weighted by Crippen LogP contribution is 2.42. The molecule has 4 nitrogen and oxygen atoms in total. The monoisotopic (exact) mass is 336 g/mol. The van der Waals surface area contributed by atoms with Crippen LogP contribution in [0.4, 0.5) is 0 Å². The molecule has 0 aliphatic heterocycles. The van der Waals surface area contributed by atoms with Crippen molar-refractivity contribution in [3.8, 4) is 11.5 Å². The maximum Gasteiger partial charge on any atom is 0.333 e. The van der Waals surface area contributed by atoms with E-state index in [0.29, 0.717) is 5.57 Å². The van der Waals surface area contributed by atoms with Crippen LogP contribution >= 0.6 is 0 Å². The van der Waals surface area contributed by atoms with Crippen molar-refractivity contribution < 1.29 is 19.0 Å². The summed E-state index contributed by atoms with van der Waals surface area (Å²) in [6.07, 6.45) is 0. The number of benzene rings is 3. The van der Waals surface area contributed by atoms with Gasteiger partial charge in [-0.2, -0.15) is 0 Å². The van der Waals surface area contributed by atoms with Crippen molar-refractivity contribution in [2.45, 2.75) is 6.92 Å². The molecule has 25 heavy (non-hydrogen) atoms. The number of hydrogen-bond donors (Lipinski definition) is 0. The molecule has 4 heteroatoms. The average Bonchev–Trinajstić information content (AvgIpc) is 2.64. The van der Waals surface area contributed by atoms with Crippen LogP contribution in [0.15, 0.2) is 60.7 Å². The molecule has 3 aromatic carbocycles. The molecule has 0 heterocycles. The summed E-state index contributed by atoms with van der Waals surface area (Å²) in [5, 5.41) is 3.89. The number of rotatable bonds is 6. The van der Waals surface area contributed by atoms with Crippen molar-refractivity contribution in [1.29, 1.82) is 0 Å². The third kappa shape index (κ3) is 3.29. The first-order chi connectivity index (χ1) is 12.1. The first-order valence-electron chi connectivity index (χ1n) is 8.06. The number of fused-ring (bicyclic) bond motifs is 2. The third-order valence-electron chi connectivity index (χ3n) is 3.95. The van der Waals surface area contributed by atoms with E-state index in [1.807, 2.05) is 48.5 Å². The molecule has 0 N–H and O–H groups in total. The van der Waals surface area contributed by atoms with Crippen molar-refractivity contribution in [2.75, 3.05) is 20.3 Å². The maximum absolute atomic E-state index is 11.5. The minimum absolute atomic E-state index is 0.167. The minimum Gasteiger partial charge on any atom is -0.495 e. The lowest BCUT2D eigenvalue weighted by atomic mass is 10.0. The van der Waals surface area contributed by atoms with Crippen LogP contribution in [0.2, 0.25) is 0 Å². The number of methoxy groups -OCH3 is 1. The average molecular weight is 336 g/mol. The standard InChI is InChI=1S/C21H20O4/c1-14(2)21(22)25-13-12-24-20-17-10-6-4-8-15(17)19(23-3)16-9-5-7-11-18(16)20/h4-11H,1,12-13H2,2-3H3. The number of ether oxygens (including phenoxy) is 3. The third-order valence-corrected chi connectivity index (χ3v) is 3.95. The van der Waals surface area contributed by atoms with Gasteiger partial charge in [-0.25, -0.2) is 4.79 Å². The molecule has 0 amide bonds. The molecular formula is C21H20O4. The summed E-state index contributed by atoms with van der Waals surface area (Å²) in [7, 11) is 1.67. The first kappa shape index (κ1) is 16.8. The van der Waals surface area contributed by atoms with Crippen LogP contribution in [0.25, 0.3) is 21.5 Å². The van der Waals surface area contributed by atoms with E-state index in [0.717, 1.165) is 33.0 Å². The zero-order chi connectivity index (χ0) is 17.8. The van der Waals surface area contributed by atoms with Crippen LogP contribution in [-0.4, -0.2) is 26.3 Å². The fraction of sp³-hybridized carbons (Fsp3) is 0.190. The smallest absolute Gasteiger partial charge is 0.333 e. The second-order valence-corrected chi connectivity index (χ2v) is 5.72. The Morgan fingerprint density at radius 2 is 1.36 bits per heavy atom. The zero-order valence-electron chi connectivity index (χ0n) is 14.4. The van der Waals surface area contributed by atoms with Crippen LogP contribution < -0.4 is 9.47 Å². The Hall–Kier alpha value is -3.01. The van der Waals surface area contributed by atoms with E-state index >= 15 is 0 Å². The molecule has 3 rings (SSSR count). The molecule has 0 radical (unpaired) electrons. The topological polar surface area (TPSA) is 44.8 Å². The minimum atomic E-state index is -0.409. The Kier molecular flexibility index (Phi) is 4.89. The van der Waals surface area contributed by atoms with Gasteiger partial charge in [0, 0.05) is 27.1 Å². The summed E-state index contributed by atoms with van der Waals surface area (Å²) in [6, 6.07) is 15.9. The Labute approximate surface area is 146 Å². The normalized spacial score (nSPS) is 10.6. The van der Waals surface area contributed by atoms with Crippen LogP contribution in [-0.2, 0) is 9.53 Å². The van der Waals surface area contributed by atoms with E-state index in [4.69, 9.17) is 14.2 Å². The van der Waals surface area contributed by atoms with Crippen LogP contribution in [0.3, 0.4) is 0 Å². The molecule has 128 valence electrons. The molecule has 0 saturated heterocycles. The maximum atomic E-state index is 11.5. The Morgan fingerprint density at radius 1 is 0.880 bits per heavy atom. The van der Waals surface area contributed by atoms with E-state index in [1.54, 1.807) is 14.0 Å². The number of carbonyl (C=O) groups is 1. The van der Waals surface area contributed by atoms with Gasteiger partial charge in [-0.15, -0.1) is 0 Å². The summed E-state index contributed by atoms with van der Waals surface area (Å²) in [5.74, 6) is 1.18. The summed E-state index contributed by atoms with van der Waals surface area (Å²) in [6.45, 7) is 5.61. The lowest BCUT2D eigenvalue weighted by Gasteiger charge is -2.16. The van der Waals surface area contributed by atoms with E-state index in [9.17, 15) is 4.79 Å². The van der Waals surface area contributed by atoms with Gasteiger partial charge in [0.05, 0.1) is 7.11 Å². The van der Waals surface area contributed by atoms with Gasteiger partial charge in [0.15, 0.2) is 0 Å². The van der Waals surface area contributed by atoms with Crippen molar-refractivity contribution in [1.82, 2.24) is 0 Å². The second kappa shape index (κ2) is 7.26. The van der Waals surface area contributed by atoms with E-state index in [-0.39, 0.29) is 13.2 Å². The lowest BCUT2D eigenvalue weighted by Crippen LogP contribution is -2.12. The quantitative estimate of drug-likeness (QED) is 0.288. The predicted molar refractivity (Wildman–Crippen MR) is 99.3 cm³/mol. The fourth-order valence-corrected chi connectivity index (χ4v) is 2.83. The Bertz CT molecular complexity index is 886. The largest absolute Gasteiger partial charge is 0.495 e. The highest BCUT2D eigenvalue weighted by molar-refractivity contribution is 6.11. The highest BCUT2D eigenvalue weighted by atomic mass is 16.6. The number of hydrogen-bond acceptors (Lipinski definition) is 4. The highest BCUT2D eigenvalue weighted by Gasteiger charge is 2.15. The SMILES string of the molecule is C=C(C)C(=O)OCCOc1c2ccccc2c(OC)c2ccccc12. The molecule has 0 aromatic heterocycles. The molecule has 0 bridgehead atoms. The van der Waals surface area contributed by atoms with Gasteiger partial charge >= 0.3 is 5.97 Å².